The van der Waals surface area contributed by atoms with Crippen molar-refractivity contribution in [1.82, 2.24) is 5.06 Å². The Kier molecular flexibility index (Phi) is 4.90. The van der Waals surface area contributed by atoms with Crippen LogP contribution in [0.5, 0.6) is 0 Å². The lowest BCUT2D eigenvalue weighted by Crippen LogP contribution is -2.62. The van der Waals surface area contributed by atoms with Crippen LogP contribution in [0.3, 0.4) is 0 Å². The summed E-state index contributed by atoms with van der Waals surface area (Å²) in [4.78, 5) is 15.6. The molecule has 0 heterocycles. The molecule has 2 atom stereocenters. The van der Waals surface area contributed by atoms with Gasteiger partial charge in [-0.15, -0.1) is 0 Å². The number of carbonyl (C=O) groups is 1. The lowest BCUT2D eigenvalue weighted by Gasteiger charge is -2.34. The SMILES string of the molecule is CON(C)C(=O)[C@@](F)([C@H](O)C(C)C)C(F)(F)F. The van der Waals surface area contributed by atoms with Crippen LogP contribution >= 0.6 is 0 Å². The zero-order valence-corrected chi connectivity index (χ0v) is 9.88. The van der Waals surface area contributed by atoms with Crippen molar-refractivity contribution in [3.63, 3.8) is 0 Å². The van der Waals surface area contributed by atoms with E-state index in [1.807, 2.05) is 0 Å². The number of rotatable bonds is 4. The van der Waals surface area contributed by atoms with Crippen molar-refractivity contribution in [3.05, 3.63) is 0 Å². The Bertz CT molecular complexity index is 282. The second-order valence-electron chi connectivity index (χ2n) is 3.88. The summed E-state index contributed by atoms with van der Waals surface area (Å²) in [6, 6.07) is 0. The first kappa shape index (κ1) is 16.1. The molecule has 1 N–H and O–H groups in total. The smallest absolute Gasteiger partial charge is 0.389 e. The van der Waals surface area contributed by atoms with Crippen LogP contribution < -0.4 is 0 Å². The molecular weight excluding hydrogens is 246 g/mol. The molecule has 0 fully saturated rings. The number of amides is 1. The Morgan fingerprint density at radius 1 is 1.29 bits per heavy atom. The molecule has 0 unspecified atom stereocenters. The van der Waals surface area contributed by atoms with Gasteiger partial charge >= 0.3 is 11.8 Å². The Morgan fingerprint density at radius 2 is 1.71 bits per heavy atom. The number of hydrogen-bond donors (Lipinski definition) is 1. The lowest BCUT2D eigenvalue weighted by atomic mass is 9.89. The average molecular weight is 261 g/mol. The maximum Gasteiger partial charge on any atom is 0.434 e. The van der Waals surface area contributed by atoms with Crippen LogP contribution in [-0.2, 0) is 9.63 Å². The fourth-order valence-electron chi connectivity index (χ4n) is 1.19. The maximum absolute atomic E-state index is 13.9. The van der Waals surface area contributed by atoms with Gasteiger partial charge in [-0.25, -0.2) is 9.45 Å². The van der Waals surface area contributed by atoms with E-state index in [1.165, 1.54) is 13.8 Å². The molecular formula is C9H15F4NO3. The van der Waals surface area contributed by atoms with Gasteiger partial charge in [-0.2, -0.15) is 13.2 Å². The standard InChI is InChI=1S/C9H15F4NO3/c1-5(2)6(15)8(10,9(11,12)13)7(16)14(3)17-4/h5-6,15H,1-4H3/t6-,8+/m1/s1. The van der Waals surface area contributed by atoms with Crippen LogP contribution in [-0.4, -0.2) is 48.2 Å². The Hall–Kier alpha value is -0.890. The average Bonchev–Trinajstić information content (AvgIpc) is 2.22. The molecule has 0 aromatic carbocycles. The fraction of sp³-hybridized carbons (Fsp3) is 0.889. The van der Waals surface area contributed by atoms with E-state index < -0.39 is 29.8 Å². The number of aliphatic hydroxyl groups is 1. The van der Waals surface area contributed by atoms with E-state index in [4.69, 9.17) is 0 Å². The zero-order valence-electron chi connectivity index (χ0n) is 9.88. The minimum atomic E-state index is -5.53. The third kappa shape index (κ3) is 2.86. The summed E-state index contributed by atoms with van der Waals surface area (Å²) < 4.78 is 51.8. The summed E-state index contributed by atoms with van der Waals surface area (Å²) in [5.41, 5.74) is -4.38. The predicted molar refractivity (Wildman–Crippen MR) is 50.5 cm³/mol. The minimum absolute atomic E-state index is 0.0963. The summed E-state index contributed by atoms with van der Waals surface area (Å²) >= 11 is 0. The number of hydroxylamine groups is 2. The number of nitrogens with zero attached hydrogens (tertiary/aromatic N) is 1. The van der Waals surface area contributed by atoms with E-state index in [2.05, 4.69) is 4.84 Å². The topological polar surface area (TPSA) is 49.8 Å². The van der Waals surface area contributed by atoms with Crippen molar-refractivity contribution in [2.75, 3.05) is 14.2 Å². The number of alkyl halides is 4. The zero-order chi connectivity index (χ0) is 14.0. The van der Waals surface area contributed by atoms with E-state index in [1.54, 1.807) is 0 Å². The fourth-order valence-corrected chi connectivity index (χ4v) is 1.19. The molecule has 0 aliphatic heterocycles. The first-order chi connectivity index (χ1) is 7.50. The number of carbonyl (C=O) groups excluding carboxylic acids is 1. The molecule has 8 heteroatoms. The molecule has 0 radical (unpaired) electrons. The van der Waals surface area contributed by atoms with E-state index in [0.29, 0.717) is 0 Å². The second kappa shape index (κ2) is 5.18. The predicted octanol–water partition coefficient (Wildman–Crippen LogP) is 1.29. The van der Waals surface area contributed by atoms with Gasteiger partial charge in [0.15, 0.2) is 0 Å². The first-order valence-corrected chi connectivity index (χ1v) is 4.76. The summed E-state index contributed by atoms with van der Waals surface area (Å²) in [5, 5.41) is 9.39. The summed E-state index contributed by atoms with van der Waals surface area (Å²) in [7, 11) is 1.74. The van der Waals surface area contributed by atoms with Crippen LogP contribution in [0, 0.1) is 5.92 Å². The number of aliphatic hydroxyl groups excluding tert-OH is 1. The molecule has 0 saturated heterocycles. The van der Waals surface area contributed by atoms with E-state index in [0.717, 1.165) is 14.2 Å². The van der Waals surface area contributed by atoms with Crippen LogP contribution in [0.25, 0.3) is 0 Å². The van der Waals surface area contributed by atoms with Gasteiger partial charge < -0.3 is 5.11 Å². The number of halogens is 4. The van der Waals surface area contributed by atoms with Crippen LogP contribution in [0.4, 0.5) is 17.6 Å². The maximum atomic E-state index is 13.9. The van der Waals surface area contributed by atoms with Crippen molar-refractivity contribution in [2.24, 2.45) is 5.92 Å². The third-order valence-electron chi connectivity index (χ3n) is 2.32. The molecule has 0 aromatic heterocycles. The first-order valence-electron chi connectivity index (χ1n) is 4.76. The Labute approximate surface area is 96.1 Å². The quantitative estimate of drug-likeness (QED) is 0.613. The Balaban J connectivity index is 5.49. The van der Waals surface area contributed by atoms with Gasteiger partial charge in [0.1, 0.15) is 6.10 Å². The van der Waals surface area contributed by atoms with Crippen LogP contribution in [0.2, 0.25) is 0 Å². The van der Waals surface area contributed by atoms with Gasteiger partial charge in [0.05, 0.1) is 7.11 Å². The van der Waals surface area contributed by atoms with Crippen molar-refractivity contribution >= 4 is 5.91 Å². The molecule has 102 valence electrons. The highest BCUT2D eigenvalue weighted by Crippen LogP contribution is 2.40. The monoisotopic (exact) mass is 261 g/mol. The normalized spacial score (nSPS) is 17.8. The summed E-state index contributed by atoms with van der Waals surface area (Å²) in [5.74, 6) is -3.08. The van der Waals surface area contributed by atoms with Crippen molar-refractivity contribution in [2.45, 2.75) is 31.8 Å². The minimum Gasteiger partial charge on any atom is -0.389 e. The molecule has 0 aliphatic carbocycles. The molecule has 0 saturated carbocycles. The van der Waals surface area contributed by atoms with E-state index in [9.17, 15) is 27.5 Å². The van der Waals surface area contributed by atoms with Gasteiger partial charge in [0, 0.05) is 7.05 Å². The Morgan fingerprint density at radius 3 is 1.94 bits per heavy atom. The third-order valence-corrected chi connectivity index (χ3v) is 2.32. The highest BCUT2D eigenvalue weighted by Gasteiger charge is 2.67. The van der Waals surface area contributed by atoms with E-state index >= 15 is 0 Å². The highest BCUT2D eigenvalue weighted by atomic mass is 19.4. The van der Waals surface area contributed by atoms with Crippen LogP contribution in [0.1, 0.15) is 13.8 Å². The molecule has 4 nitrogen and oxygen atoms in total. The molecule has 1 amide bonds. The van der Waals surface area contributed by atoms with E-state index in [-0.39, 0.29) is 5.06 Å². The molecule has 0 aromatic rings. The lowest BCUT2D eigenvalue weighted by molar-refractivity contribution is -0.272. The van der Waals surface area contributed by atoms with Crippen molar-refractivity contribution < 1.29 is 32.3 Å². The summed E-state index contributed by atoms with van der Waals surface area (Å²) in [6.07, 6.45) is -8.03. The molecule has 0 aliphatic rings. The van der Waals surface area contributed by atoms with Crippen molar-refractivity contribution in [3.8, 4) is 0 Å². The largest absolute Gasteiger partial charge is 0.434 e. The molecule has 17 heavy (non-hydrogen) atoms. The second-order valence-corrected chi connectivity index (χ2v) is 3.88. The van der Waals surface area contributed by atoms with Gasteiger partial charge in [0.25, 0.3) is 5.91 Å². The molecule has 0 bridgehead atoms. The summed E-state index contributed by atoms with van der Waals surface area (Å²) in [6.45, 7) is 2.34. The van der Waals surface area contributed by atoms with Gasteiger partial charge in [-0.1, -0.05) is 13.8 Å². The van der Waals surface area contributed by atoms with Gasteiger partial charge in [0.2, 0.25) is 0 Å². The van der Waals surface area contributed by atoms with Crippen LogP contribution in [0.15, 0.2) is 0 Å². The van der Waals surface area contributed by atoms with Crippen molar-refractivity contribution in [1.29, 1.82) is 0 Å². The number of hydrogen-bond acceptors (Lipinski definition) is 3. The molecule has 0 spiro atoms. The molecule has 0 rings (SSSR count). The van der Waals surface area contributed by atoms with Gasteiger partial charge in [-0.3, -0.25) is 9.63 Å². The highest BCUT2D eigenvalue weighted by molar-refractivity contribution is 5.86. The van der Waals surface area contributed by atoms with Gasteiger partial charge in [-0.05, 0) is 5.92 Å².